The van der Waals surface area contributed by atoms with Crippen LogP contribution in [0, 0.1) is 0 Å². The molecule has 1 aliphatic heterocycles. The van der Waals surface area contributed by atoms with E-state index in [1.165, 1.54) is 545 Å². The van der Waals surface area contributed by atoms with Gasteiger partial charge in [0.2, 0.25) is 11.4 Å². The largest absolute Gasteiger partial charge is 0.493 e. The highest BCUT2D eigenvalue weighted by atomic mass is 15.2. The van der Waals surface area contributed by atoms with Gasteiger partial charge < -0.3 is 5.53 Å². The maximum absolute atomic E-state index is 13.4. The van der Waals surface area contributed by atoms with Crippen molar-refractivity contribution in [1.82, 2.24) is 0 Å². The molecule has 2 aromatic rings. The van der Waals surface area contributed by atoms with Crippen molar-refractivity contribution in [1.29, 1.82) is 0 Å². The van der Waals surface area contributed by atoms with Crippen LogP contribution in [0.25, 0.3) is 16.9 Å². The van der Waals surface area contributed by atoms with Crippen molar-refractivity contribution in [3.8, 4) is 0 Å². The Hall–Kier alpha value is -2.48. The predicted octanol–water partition coefficient (Wildman–Crippen LogP) is 39.1. The van der Waals surface area contributed by atoms with Crippen LogP contribution >= 0.6 is 0 Å². The fraction of sp³-hybridized carbons (Fsp3) is 0.852. The van der Waals surface area contributed by atoms with Crippen molar-refractivity contribution in [2.75, 3.05) is 0 Å². The van der Waals surface area contributed by atoms with E-state index in [4.69, 9.17) is 0 Å². The number of hydrogen-bond donors (Lipinski definition) is 0. The van der Waals surface area contributed by atoms with Crippen molar-refractivity contribution in [2.24, 2.45) is 0 Å². The van der Waals surface area contributed by atoms with Gasteiger partial charge in [0.15, 0.2) is 0 Å². The Bertz CT molecular complexity index is 2080. The summed E-state index contributed by atoms with van der Waals surface area (Å²) in [4.78, 5) is 0. The molecule has 0 radical (unpaired) electrons. The number of aryl methyl sites for hydroxylation is 4. The van der Waals surface area contributed by atoms with E-state index < -0.39 is 0 Å². The first-order valence-electron chi connectivity index (χ1n) is 51.7. The number of hydrogen-bond acceptors (Lipinski definition) is 0. The summed E-state index contributed by atoms with van der Waals surface area (Å²) in [6.45, 7) is 14.0. The van der Waals surface area contributed by atoms with Crippen molar-refractivity contribution >= 4 is 11.4 Å². The zero-order chi connectivity index (χ0) is 78.4. The van der Waals surface area contributed by atoms with Crippen LogP contribution in [0.2, 0.25) is 0 Å². The summed E-state index contributed by atoms with van der Waals surface area (Å²) < 4.78 is 1.78. The molecule has 0 aliphatic carbocycles. The Balaban J connectivity index is 1.72. The molecule has 1 aliphatic rings. The van der Waals surface area contributed by atoms with Crippen LogP contribution in [-0.2, 0) is 25.7 Å². The van der Waals surface area contributed by atoms with Gasteiger partial charge in [0.1, 0.15) is 0 Å². The van der Waals surface area contributed by atoms with E-state index in [1.807, 2.05) is 0 Å². The zero-order valence-electron chi connectivity index (χ0n) is 76.2. The minimum Gasteiger partial charge on any atom is -0.493 e. The molecule has 0 unspecified atom stereocenters. The Morgan fingerprint density at radius 1 is 0.155 bits per heavy atom. The molecule has 2 heteroatoms. The van der Waals surface area contributed by atoms with Gasteiger partial charge in [-0.25, -0.2) is 4.70 Å². The summed E-state index contributed by atoms with van der Waals surface area (Å²) in [6, 6.07) is 15.4. The second kappa shape index (κ2) is 79.0. The first-order chi connectivity index (χ1) is 54.5. The maximum atomic E-state index is 13.4. The number of benzene rings is 2. The monoisotopic (exact) mass is 1520 g/mol. The standard InChI is InChI=1S/C108H196N2/c1-7-13-19-23-27-31-35-39-43-47-51-55-59-63-67-71-75-79-83-87-99-93-100(88-84-80-76-72-68-64-60-56-52-48-44-40-36-32-28-24-20-14-8-2)96-103(95-99)107-105(91-17-11-5)106(92-18-12-6)108(110(107)109)104-97-101(89-85-81-77-73-69-65-61-57-53-49-45-41-37-33-29-25-21-15-9-3)94-102(98-104)90-86-82-78-74-70-66-62-58-54-50-46-42-38-34-30-26-22-16-10-4/h93-98H,7-92H2,1-6H3. The fourth-order valence-corrected chi connectivity index (χ4v) is 18.5. The quantitative estimate of drug-likeness (QED) is 0.0466. The van der Waals surface area contributed by atoms with Gasteiger partial charge in [-0.15, -0.1) is 0 Å². The highest BCUT2D eigenvalue weighted by Gasteiger charge is 2.36. The molecule has 2 aromatic carbocycles. The molecule has 0 fully saturated rings. The minimum absolute atomic E-state index is 1.04. The molecule has 0 saturated carbocycles. The van der Waals surface area contributed by atoms with Gasteiger partial charge in [0.25, 0.3) is 0 Å². The van der Waals surface area contributed by atoms with E-state index in [9.17, 15) is 5.53 Å². The average Bonchev–Trinajstić information content (AvgIpc) is 1.60. The molecule has 110 heavy (non-hydrogen) atoms. The summed E-state index contributed by atoms with van der Waals surface area (Å²) >= 11 is 0. The van der Waals surface area contributed by atoms with Gasteiger partial charge in [0.05, 0.1) is 0 Å². The van der Waals surface area contributed by atoms with E-state index >= 15 is 0 Å². The Kier molecular flexibility index (Phi) is 73.1. The molecule has 2 nitrogen and oxygen atoms in total. The van der Waals surface area contributed by atoms with Crippen molar-refractivity contribution in [3.63, 3.8) is 0 Å². The lowest BCUT2D eigenvalue weighted by Crippen LogP contribution is -2.05. The highest BCUT2D eigenvalue weighted by molar-refractivity contribution is 5.82. The number of rotatable bonds is 88. The van der Waals surface area contributed by atoms with Crippen LogP contribution in [0.4, 0.5) is 0 Å². The molecule has 0 aromatic heterocycles. The molecular formula is C108H196N2. The van der Waals surface area contributed by atoms with Gasteiger partial charge >= 0.3 is 0 Å². The summed E-state index contributed by atoms with van der Waals surface area (Å²) in [7, 11) is 0. The first-order valence-corrected chi connectivity index (χ1v) is 51.7. The topological polar surface area (TPSA) is 25.3 Å². The summed E-state index contributed by atoms with van der Waals surface area (Å²) in [5.74, 6) is 0. The molecule has 3 rings (SSSR count). The zero-order valence-corrected chi connectivity index (χ0v) is 76.2. The smallest absolute Gasteiger partial charge is 0.211 e. The fourth-order valence-electron chi connectivity index (χ4n) is 18.5. The van der Waals surface area contributed by atoms with Crippen LogP contribution in [0.5, 0.6) is 0 Å². The lowest BCUT2D eigenvalue weighted by molar-refractivity contribution is -0.345. The third-order valence-corrected chi connectivity index (χ3v) is 25.8. The van der Waals surface area contributed by atoms with Crippen LogP contribution in [0.3, 0.4) is 0 Å². The lowest BCUT2D eigenvalue weighted by atomic mass is 9.90. The van der Waals surface area contributed by atoms with E-state index in [2.05, 4.69) is 77.9 Å². The average molecular weight is 1520 g/mol. The van der Waals surface area contributed by atoms with E-state index in [-0.39, 0.29) is 0 Å². The Labute approximate surface area is 692 Å². The Morgan fingerprint density at radius 3 is 0.418 bits per heavy atom. The molecule has 0 atom stereocenters. The molecule has 0 spiro atoms. The van der Waals surface area contributed by atoms with Crippen molar-refractivity contribution < 1.29 is 4.70 Å². The van der Waals surface area contributed by atoms with Crippen molar-refractivity contribution in [3.05, 3.63) is 86.5 Å². The van der Waals surface area contributed by atoms with Gasteiger partial charge in [0, 0.05) is 22.3 Å². The van der Waals surface area contributed by atoms with Gasteiger partial charge in [-0.05, 0) is 124 Å². The van der Waals surface area contributed by atoms with Crippen molar-refractivity contribution in [2.45, 2.75) is 594 Å². The third-order valence-electron chi connectivity index (χ3n) is 25.8. The van der Waals surface area contributed by atoms with Gasteiger partial charge in [-0.3, -0.25) is 0 Å². The Morgan fingerprint density at radius 2 is 0.282 bits per heavy atom. The number of nitrogens with zero attached hydrogens (tertiary/aromatic N) is 2. The molecular weight excluding hydrogens is 1330 g/mol. The third kappa shape index (κ3) is 57.6. The summed E-state index contributed by atoms with van der Waals surface area (Å²) in [5, 5.41) is 0. The molecule has 0 bridgehead atoms. The molecule has 0 saturated heterocycles. The van der Waals surface area contributed by atoms with Gasteiger partial charge in [-0.2, -0.15) is 0 Å². The van der Waals surface area contributed by atoms with E-state index in [0.29, 0.717) is 0 Å². The van der Waals surface area contributed by atoms with E-state index in [1.54, 1.807) is 4.70 Å². The molecule has 638 valence electrons. The van der Waals surface area contributed by atoms with Crippen LogP contribution in [-0.4, -0.2) is 4.70 Å². The molecule has 0 N–H and O–H groups in total. The van der Waals surface area contributed by atoms with Crippen LogP contribution < -0.4 is 0 Å². The lowest BCUT2D eigenvalue weighted by Gasteiger charge is -2.15. The van der Waals surface area contributed by atoms with Gasteiger partial charge in [-0.1, -0.05) is 529 Å². The number of allylic oxidation sites excluding steroid dienone is 2. The van der Waals surface area contributed by atoms with Crippen LogP contribution in [0.1, 0.15) is 601 Å². The molecule has 1 heterocycles. The van der Waals surface area contributed by atoms with E-state index in [0.717, 1.165) is 62.8 Å². The summed E-state index contributed by atoms with van der Waals surface area (Å²) in [6.07, 6.45) is 119. The number of unbranched alkanes of at least 4 members (excludes halogenated alkanes) is 74. The predicted molar refractivity (Wildman–Crippen MR) is 498 cm³/mol. The first kappa shape index (κ1) is 102. The normalized spacial score (nSPS) is 12.6. The second-order valence-corrected chi connectivity index (χ2v) is 36.7. The van der Waals surface area contributed by atoms with Crippen LogP contribution in [0.15, 0.2) is 47.5 Å². The minimum atomic E-state index is 1.04. The second-order valence-electron chi connectivity index (χ2n) is 36.7. The highest BCUT2D eigenvalue weighted by Crippen LogP contribution is 2.46. The summed E-state index contributed by atoms with van der Waals surface area (Å²) in [5.41, 5.74) is 27.1. The SMILES string of the molecule is CCCCCCCCCCCCCCCCCCCCCc1cc(CCCCCCCCCCCCCCCCCCCCC)cc(C2=C(CCCC)C(CCCC)=C(c3cc(CCCCCCCCCCCCCCCCCCCCC)cc(CCCCCCCCCCCCCCCCCCCCC)c3)[N+]2=[N-])c1. The molecule has 0 amide bonds. The maximum Gasteiger partial charge on any atom is 0.211 e.